The molecule has 1 aromatic carbocycles. The Bertz CT molecular complexity index is 666. The number of carbonyl (C=O) groups is 1. The van der Waals surface area contributed by atoms with Crippen LogP contribution in [0.3, 0.4) is 0 Å². The van der Waals surface area contributed by atoms with Crippen LogP contribution >= 0.6 is 27.3 Å². The molecule has 20 heavy (non-hydrogen) atoms. The molecule has 2 aromatic rings. The van der Waals surface area contributed by atoms with Crippen molar-refractivity contribution in [2.24, 2.45) is 0 Å². The topological polar surface area (TPSA) is 39.2 Å². The Hall–Kier alpha value is -1.20. The van der Waals surface area contributed by atoms with E-state index in [2.05, 4.69) is 39.1 Å². The van der Waals surface area contributed by atoms with Crippen molar-refractivity contribution in [3.05, 3.63) is 38.9 Å². The van der Waals surface area contributed by atoms with Crippen LogP contribution in [0.2, 0.25) is 0 Å². The molecule has 0 aliphatic heterocycles. The molecular weight excluding hydrogens is 338 g/mol. The lowest BCUT2D eigenvalue weighted by molar-refractivity contribution is 0.0525. The normalized spacial score (nSPS) is 13.3. The van der Waals surface area contributed by atoms with Gasteiger partial charge in [-0.15, -0.1) is 11.3 Å². The summed E-state index contributed by atoms with van der Waals surface area (Å²) in [5, 5.41) is 0.463. The van der Waals surface area contributed by atoms with Gasteiger partial charge in [0.2, 0.25) is 5.01 Å². The van der Waals surface area contributed by atoms with Crippen LogP contribution in [-0.2, 0) is 17.6 Å². The molecule has 104 valence electrons. The van der Waals surface area contributed by atoms with Gasteiger partial charge in [-0.3, -0.25) is 0 Å². The van der Waals surface area contributed by atoms with E-state index in [0.29, 0.717) is 11.6 Å². The second-order valence-electron chi connectivity index (χ2n) is 4.67. The molecule has 0 amide bonds. The number of hydrogen-bond acceptors (Lipinski definition) is 4. The maximum atomic E-state index is 11.8. The minimum absolute atomic E-state index is 0.317. The van der Waals surface area contributed by atoms with E-state index in [4.69, 9.17) is 4.74 Å². The van der Waals surface area contributed by atoms with Gasteiger partial charge in [0.1, 0.15) is 0 Å². The average Bonchev–Trinajstić information content (AvgIpc) is 2.78. The lowest BCUT2D eigenvalue weighted by Gasteiger charge is -2.05. The number of hydrogen-bond donors (Lipinski definition) is 0. The highest BCUT2D eigenvalue weighted by atomic mass is 79.9. The van der Waals surface area contributed by atoms with Gasteiger partial charge >= 0.3 is 5.97 Å². The second-order valence-corrected chi connectivity index (χ2v) is 6.59. The van der Waals surface area contributed by atoms with Crippen LogP contribution < -0.4 is 0 Å². The summed E-state index contributed by atoms with van der Waals surface area (Å²) >= 11 is 4.96. The Labute approximate surface area is 130 Å². The van der Waals surface area contributed by atoms with Gasteiger partial charge in [0.15, 0.2) is 0 Å². The maximum absolute atomic E-state index is 11.8. The molecule has 0 N–H and O–H groups in total. The highest BCUT2D eigenvalue weighted by Crippen LogP contribution is 2.38. The number of esters is 1. The van der Waals surface area contributed by atoms with Crippen LogP contribution in [0.4, 0.5) is 0 Å². The highest BCUT2D eigenvalue weighted by molar-refractivity contribution is 9.10. The summed E-state index contributed by atoms with van der Waals surface area (Å²) in [5.41, 5.74) is 3.54. The predicted octanol–water partition coefficient (Wildman–Crippen LogP) is 4.24. The largest absolute Gasteiger partial charge is 0.461 e. The van der Waals surface area contributed by atoms with E-state index in [1.54, 1.807) is 0 Å². The first-order chi connectivity index (χ1) is 9.69. The van der Waals surface area contributed by atoms with Crippen molar-refractivity contribution in [3.8, 4) is 10.4 Å². The molecule has 1 aliphatic rings. The number of carbonyl (C=O) groups excluding carboxylic acids is 1. The molecule has 3 nitrogen and oxygen atoms in total. The lowest BCUT2D eigenvalue weighted by Crippen LogP contribution is -2.04. The molecule has 0 atom stereocenters. The van der Waals surface area contributed by atoms with Crippen molar-refractivity contribution < 1.29 is 9.53 Å². The number of aryl methyl sites for hydroxylation is 2. The number of benzene rings is 1. The molecule has 1 heterocycles. The summed E-state index contributed by atoms with van der Waals surface area (Å²) in [6, 6.07) is 6.34. The average molecular weight is 352 g/mol. The third-order valence-corrected chi connectivity index (χ3v) is 4.93. The van der Waals surface area contributed by atoms with Gasteiger partial charge in [0.25, 0.3) is 0 Å². The number of thiazole rings is 1. The van der Waals surface area contributed by atoms with Gasteiger partial charge in [-0.05, 0) is 49.4 Å². The first-order valence-electron chi connectivity index (χ1n) is 6.64. The van der Waals surface area contributed by atoms with Crippen LogP contribution in [0.5, 0.6) is 0 Å². The van der Waals surface area contributed by atoms with Crippen molar-refractivity contribution in [1.29, 1.82) is 0 Å². The summed E-state index contributed by atoms with van der Waals surface area (Å²) < 4.78 is 6.10. The Morgan fingerprint density at radius 1 is 1.45 bits per heavy atom. The quantitative estimate of drug-likeness (QED) is 0.759. The molecule has 0 fully saturated rings. The summed E-state index contributed by atoms with van der Waals surface area (Å²) in [5.74, 6) is -0.317. The molecule has 1 aliphatic carbocycles. The summed E-state index contributed by atoms with van der Waals surface area (Å²) in [6.45, 7) is 2.19. The van der Waals surface area contributed by atoms with Gasteiger partial charge in [-0.25, -0.2) is 9.78 Å². The predicted molar refractivity (Wildman–Crippen MR) is 83.2 cm³/mol. The molecule has 0 spiro atoms. The van der Waals surface area contributed by atoms with E-state index in [9.17, 15) is 4.79 Å². The van der Waals surface area contributed by atoms with Crippen LogP contribution in [0.1, 0.15) is 34.4 Å². The Balaban J connectivity index is 2.09. The Morgan fingerprint density at radius 2 is 2.30 bits per heavy atom. The zero-order valence-electron chi connectivity index (χ0n) is 11.1. The minimum atomic E-state index is -0.317. The molecule has 0 saturated carbocycles. The maximum Gasteiger partial charge on any atom is 0.367 e. The zero-order chi connectivity index (χ0) is 14.1. The Kier molecular flexibility index (Phi) is 3.89. The van der Waals surface area contributed by atoms with Gasteiger partial charge in [-0.2, -0.15) is 0 Å². The molecule has 0 radical (unpaired) electrons. The van der Waals surface area contributed by atoms with E-state index in [1.807, 2.05) is 6.92 Å². The Morgan fingerprint density at radius 3 is 3.10 bits per heavy atom. The van der Waals surface area contributed by atoms with Gasteiger partial charge < -0.3 is 4.74 Å². The molecule has 0 saturated heterocycles. The van der Waals surface area contributed by atoms with Crippen LogP contribution in [0, 0.1) is 0 Å². The van der Waals surface area contributed by atoms with Gasteiger partial charge in [0.05, 0.1) is 17.2 Å². The SMILES string of the molecule is CCOC(=O)c1nc2c(s1)-c1cc(Br)ccc1CCC2. The van der Waals surface area contributed by atoms with E-state index < -0.39 is 0 Å². The molecule has 0 bridgehead atoms. The third kappa shape index (κ3) is 2.52. The van der Waals surface area contributed by atoms with Crippen molar-refractivity contribution in [3.63, 3.8) is 0 Å². The summed E-state index contributed by atoms with van der Waals surface area (Å²) in [4.78, 5) is 17.4. The minimum Gasteiger partial charge on any atom is -0.461 e. The number of halogens is 1. The van der Waals surface area contributed by atoms with E-state index in [-0.39, 0.29) is 5.97 Å². The van der Waals surface area contributed by atoms with Gasteiger partial charge in [-0.1, -0.05) is 22.0 Å². The van der Waals surface area contributed by atoms with E-state index in [1.165, 1.54) is 22.5 Å². The molecule has 5 heteroatoms. The first-order valence-corrected chi connectivity index (χ1v) is 8.25. The summed E-state index contributed by atoms with van der Waals surface area (Å²) in [7, 11) is 0. The van der Waals surface area contributed by atoms with Crippen LogP contribution in [0.15, 0.2) is 22.7 Å². The van der Waals surface area contributed by atoms with Crippen molar-refractivity contribution in [2.45, 2.75) is 26.2 Å². The zero-order valence-corrected chi connectivity index (χ0v) is 13.5. The smallest absolute Gasteiger partial charge is 0.367 e. The molecule has 3 rings (SSSR count). The van der Waals surface area contributed by atoms with Crippen molar-refractivity contribution >= 4 is 33.2 Å². The van der Waals surface area contributed by atoms with Crippen molar-refractivity contribution in [2.75, 3.05) is 6.61 Å². The fourth-order valence-corrected chi connectivity index (χ4v) is 3.85. The van der Waals surface area contributed by atoms with Gasteiger partial charge in [0, 0.05) is 4.47 Å². The molecule has 1 aromatic heterocycles. The second kappa shape index (κ2) is 5.66. The fraction of sp³-hybridized carbons (Fsp3) is 0.333. The van der Waals surface area contributed by atoms with E-state index >= 15 is 0 Å². The molecular formula is C15H14BrNO2S. The number of rotatable bonds is 2. The fourth-order valence-electron chi connectivity index (χ4n) is 2.44. The summed E-state index contributed by atoms with van der Waals surface area (Å²) in [6.07, 6.45) is 3.03. The number of nitrogens with zero attached hydrogens (tertiary/aromatic N) is 1. The third-order valence-electron chi connectivity index (χ3n) is 3.32. The standard InChI is InChI=1S/C15H14BrNO2S/c1-2-19-15(18)14-17-12-5-3-4-9-6-7-10(16)8-11(9)13(12)20-14/h6-8H,2-5H2,1H3. The lowest BCUT2D eigenvalue weighted by atomic mass is 10.0. The molecule has 0 unspecified atom stereocenters. The monoisotopic (exact) mass is 351 g/mol. The first kappa shape index (κ1) is 13.8. The van der Waals surface area contributed by atoms with E-state index in [0.717, 1.165) is 34.3 Å². The highest BCUT2D eigenvalue weighted by Gasteiger charge is 2.22. The van der Waals surface area contributed by atoms with Crippen LogP contribution in [-0.4, -0.2) is 17.6 Å². The van der Waals surface area contributed by atoms with Crippen LogP contribution in [0.25, 0.3) is 10.4 Å². The van der Waals surface area contributed by atoms with Crippen molar-refractivity contribution in [1.82, 2.24) is 4.98 Å². The number of ether oxygens (including phenoxy) is 1. The number of fused-ring (bicyclic) bond motifs is 3. The number of aromatic nitrogens is 1.